The maximum absolute atomic E-state index is 5.55. The van der Waals surface area contributed by atoms with Gasteiger partial charge in [-0.1, -0.05) is 0 Å². The van der Waals surface area contributed by atoms with Gasteiger partial charge in [-0.05, 0) is 48.9 Å². The van der Waals surface area contributed by atoms with E-state index in [9.17, 15) is 0 Å². The first-order valence-electron chi connectivity index (χ1n) is 8.20. The minimum Gasteiger partial charge on any atom is -0.497 e. The Kier molecular flexibility index (Phi) is 5.30. The van der Waals surface area contributed by atoms with Crippen molar-refractivity contribution in [2.24, 2.45) is 5.73 Å². The van der Waals surface area contributed by atoms with Crippen molar-refractivity contribution in [3.63, 3.8) is 0 Å². The minimum atomic E-state index is 0.608. The molecule has 0 radical (unpaired) electrons. The number of hydrogen-bond acceptors (Lipinski definition) is 5. The molecule has 2 heterocycles. The number of H-pyrrole nitrogens is 1. The van der Waals surface area contributed by atoms with E-state index < -0.39 is 0 Å². The van der Waals surface area contributed by atoms with Gasteiger partial charge < -0.3 is 30.7 Å². The predicted octanol–water partition coefficient (Wildman–Crippen LogP) is 2.72. The van der Waals surface area contributed by atoms with E-state index in [0.717, 1.165) is 29.2 Å². The van der Waals surface area contributed by atoms with E-state index in [1.165, 1.54) is 10.9 Å². The summed E-state index contributed by atoms with van der Waals surface area (Å²) in [6.07, 6.45) is 2.91. The molecule has 1 aromatic heterocycles. The van der Waals surface area contributed by atoms with E-state index in [1.54, 1.807) is 19.2 Å². The Morgan fingerprint density at radius 1 is 1.08 bits per heavy atom. The lowest BCUT2D eigenvalue weighted by molar-refractivity contribution is 0.171. The third-order valence-corrected chi connectivity index (χ3v) is 3.95. The Morgan fingerprint density at radius 2 is 1.88 bits per heavy atom. The summed E-state index contributed by atoms with van der Waals surface area (Å²) in [5.41, 5.74) is 14.2. The van der Waals surface area contributed by atoms with Crippen LogP contribution >= 0.6 is 0 Å². The first-order chi connectivity index (χ1) is 12.2. The van der Waals surface area contributed by atoms with Gasteiger partial charge in [0.15, 0.2) is 11.5 Å². The van der Waals surface area contributed by atoms with Gasteiger partial charge >= 0.3 is 0 Å². The molecule has 1 aliphatic heterocycles. The number of anilines is 1. The van der Waals surface area contributed by atoms with E-state index in [1.807, 2.05) is 30.5 Å². The van der Waals surface area contributed by atoms with Gasteiger partial charge in [-0.2, -0.15) is 0 Å². The molecule has 1 aliphatic rings. The lowest BCUT2D eigenvalue weighted by atomic mass is 10.1. The lowest BCUT2D eigenvalue weighted by Gasteiger charge is -2.17. The Bertz CT molecular complexity index is 845. The molecule has 25 heavy (non-hydrogen) atoms. The van der Waals surface area contributed by atoms with Crippen LogP contribution in [0.5, 0.6) is 17.2 Å². The molecule has 6 nitrogen and oxygen atoms in total. The van der Waals surface area contributed by atoms with Gasteiger partial charge in [0, 0.05) is 28.9 Å². The standard InChI is InChI=1S/C11H14N2O.C8H9NO2/c1-14-9-2-3-11-10(6-9)8(4-5-12)7-13-11;9-6-1-2-7-8(5-6)11-4-3-10-7/h2-3,6-7,13H,4-5,12H2,1H3;1-2,5H,3-4,9H2. The third-order valence-electron chi connectivity index (χ3n) is 3.95. The average Bonchev–Trinajstić information content (AvgIpc) is 3.04. The van der Waals surface area contributed by atoms with Crippen molar-refractivity contribution in [3.8, 4) is 17.2 Å². The van der Waals surface area contributed by atoms with Gasteiger partial charge in [0.25, 0.3) is 0 Å². The topological polar surface area (TPSA) is 95.5 Å². The highest BCUT2D eigenvalue weighted by molar-refractivity contribution is 5.84. The number of methoxy groups -OCH3 is 1. The number of aromatic amines is 1. The predicted molar refractivity (Wildman–Crippen MR) is 99.5 cm³/mol. The largest absolute Gasteiger partial charge is 0.497 e. The van der Waals surface area contributed by atoms with Crippen molar-refractivity contribution in [3.05, 3.63) is 48.2 Å². The summed E-state index contributed by atoms with van der Waals surface area (Å²) in [4.78, 5) is 3.21. The van der Waals surface area contributed by atoms with Crippen molar-refractivity contribution in [2.75, 3.05) is 32.6 Å². The van der Waals surface area contributed by atoms with Crippen LogP contribution < -0.4 is 25.7 Å². The molecule has 0 atom stereocenters. The monoisotopic (exact) mass is 341 g/mol. The van der Waals surface area contributed by atoms with Crippen molar-refractivity contribution in [1.29, 1.82) is 0 Å². The molecule has 4 rings (SSSR count). The van der Waals surface area contributed by atoms with Crippen LogP contribution in [0.2, 0.25) is 0 Å². The SMILES string of the molecule is COc1ccc2[nH]cc(CCN)c2c1.Nc1ccc2c(c1)OCCO2. The first-order valence-corrected chi connectivity index (χ1v) is 8.20. The summed E-state index contributed by atoms with van der Waals surface area (Å²) in [6, 6.07) is 11.4. The second-order valence-electron chi connectivity index (χ2n) is 5.67. The maximum Gasteiger partial charge on any atom is 0.163 e. The zero-order chi connectivity index (χ0) is 17.6. The third kappa shape index (κ3) is 3.97. The number of hydrogen-bond donors (Lipinski definition) is 3. The Morgan fingerprint density at radius 3 is 2.64 bits per heavy atom. The van der Waals surface area contributed by atoms with Gasteiger partial charge in [0.1, 0.15) is 19.0 Å². The van der Waals surface area contributed by atoms with Gasteiger partial charge in [0.2, 0.25) is 0 Å². The normalized spacial score (nSPS) is 12.4. The fourth-order valence-corrected chi connectivity index (χ4v) is 2.71. The molecule has 0 saturated heterocycles. The Balaban J connectivity index is 0.000000150. The number of rotatable bonds is 3. The summed E-state index contributed by atoms with van der Waals surface area (Å²) in [5.74, 6) is 2.41. The summed E-state index contributed by atoms with van der Waals surface area (Å²) in [5, 5.41) is 1.20. The van der Waals surface area contributed by atoms with Crippen LogP contribution in [0.3, 0.4) is 0 Å². The van der Waals surface area contributed by atoms with Crippen LogP contribution in [-0.4, -0.2) is 31.9 Å². The van der Waals surface area contributed by atoms with E-state index in [4.69, 9.17) is 25.7 Å². The van der Waals surface area contributed by atoms with Crippen LogP contribution in [0.15, 0.2) is 42.6 Å². The van der Waals surface area contributed by atoms with Crippen molar-refractivity contribution in [1.82, 2.24) is 4.98 Å². The van der Waals surface area contributed by atoms with Crippen LogP contribution in [-0.2, 0) is 6.42 Å². The van der Waals surface area contributed by atoms with Crippen molar-refractivity contribution < 1.29 is 14.2 Å². The molecule has 6 heteroatoms. The van der Waals surface area contributed by atoms with Crippen molar-refractivity contribution >= 4 is 16.6 Å². The van der Waals surface area contributed by atoms with Crippen molar-refractivity contribution in [2.45, 2.75) is 6.42 Å². The molecule has 0 amide bonds. The van der Waals surface area contributed by atoms with E-state index >= 15 is 0 Å². The number of nitrogens with one attached hydrogen (secondary N) is 1. The van der Waals surface area contributed by atoms with Crippen LogP contribution in [0.4, 0.5) is 5.69 Å². The average molecular weight is 341 g/mol. The van der Waals surface area contributed by atoms with E-state index in [2.05, 4.69) is 4.98 Å². The maximum atomic E-state index is 5.55. The summed E-state index contributed by atoms with van der Waals surface area (Å²) < 4.78 is 15.8. The summed E-state index contributed by atoms with van der Waals surface area (Å²) >= 11 is 0. The molecule has 3 aromatic rings. The number of ether oxygens (including phenoxy) is 3. The molecular weight excluding hydrogens is 318 g/mol. The molecule has 5 N–H and O–H groups in total. The number of benzene rings is 2. The fourth-order valence-electron chi connectivity index (χ4n) is 2.71. The second kappa shape index (κ2) is 7.81. The second-order valence-corrected chi connectivity index (χ2v) is 5.67. The fraction of sp³-hybridized carbons (Fsp3) is 0.263. The van der Waals surface area contributed by atoms with Crippen LogP contribution in [0, 0.1) is 0 Å². The highest BCUT2D eigenvalue weighted by Crippen LogP contribution is 2.31. The molecule has 132 valence electrons. The molecular formula is C19H23N3O3. The van der Waals surface area contributed by atoms with Crippen LogP contribution in [0.1, 0.15) is 5.56 Å². The van der Waals surface area contributed by atoms with Gasteiger partial charge in [-0.25, -0.2) is 0 Å². The number of nitrogen functional groups attached to an aromatic ring is 1. The number of nitrogens with two attached hydrogens (primary N) is 2. The zero-order valence-electron chi connectivity index (χ0n) is 14.2. The highest BCUT2D eigenvalue weighted by Gasteiger charge is 2.10. The van der Waals surface area contributed by atoms with Gasteiger partial charge in [-0.15, -0.1) is 0 Å². The Labute approximate surface area is 146 Å². The van der Waals surface area contributed by atoms with Gasteiger partial charge in [-0.3, -0.25) is 0 Å². The molecule has 2 aromatic carbocycles. The summed E-state index contributed by atoms with van der Waals surface area (Å²) in [6.45, 7) is 1.90. The van der Waals surface area contributed by atoms with Crippen LogP contribution in [0.25, 0.3) is 10.9 Å². The highest BCUT2D eigenvalue weighted by atomic mass is 16.6. The number of aromatic nitrogens is 1. The smallest absolute Gasteiger partial charge is 0.163 e. The number of fused-ring (bicyclic) bond motifs is 2. The first kappa shape index (κ1) is 17.0. The van der Waals surface area contributed by atoms with Gasteiger partial charge in [0.05, 0.1) is 7.11 Å². The quantitative estimate of drug-likeness (QED) is 0.637. The minimum absolute atomic E-state index is 0.608. The lowest BCUT2D eigenvalue weighted by Crippen LogP contribution is -2.15. The van der Waals surface area contributed by atoms with E-state index in [0.29, 0.717) is 25.4 Å². The molecule has 0 aliphatic carbocycles. The molecule has 0 saturated carbocycles. The van der Waals surface area contributed by atoms with E-state index in [-0.39, 0.29) is 0 Å². The molecule has 0 unspecified atom stereocenters. The molecule has 0 spiro atoms. The Hall–Kier alpha value is -2.86. The molecule has 0 bridgehead atoms. The molecule has 0 fully saturated rings. The zero-order valence-corrected chi connectivity index (χ0v) is 14.2. The summed E-state index contributed by atoms with van der Waals surface area (Å²) in [7, 11) is 1.68.